The quantitative estimate of drug-likeness (QED) is 0.813. The van der Waals surface area contributed by atoms with Gasteiger partial charge in [0.1, 0.15) is 5.75 Å². The molecular weight excluding hydrogens is 228 g/mol. The minimum Gasteiger partial charge on any atom is -0.497 e. The summed E-state index contributed by atoms with van der Waals surface area (Å²) in [6.45, 7) is 0. The summed E-state index contributed by atoms with van der Waals surface area (Å²) < 4.78 is 5.09. The number of hydrogen-bond acceptors (Lipinski definition) is 3. The number of methoxy groups -OCH3 is 1. The summed E-state index contributed by atoms with van der Waals surface area (Å²) in [5, 5.41) is 2.79. The van der Waals surface area contributed by atoms with Crippen LogP contribution in [0, 0.1) is 0 Å². The lowest BCUT2D eigenvalue weighted by atomic mass is 10.2. The molecule has 0 saturated carbocycles. The van der Waals surface area contributed by atoms with E-state index in [1.807, 2.05) is 12.1 Å². The molecule has 0 saturated heterocycles. The summed E-state index contributed by atoms with van der Waals surface area (Å²) in [4.78, 5) is 11.9. The van der Waals surface area contributed by atoms with Gasteiger partial charge in [-0.2, -0.15) is 0 Å². The van der Waals surface area contributed by atoms with E-state index in [1.165, 1.54) is 0 Å². The first-order valence-corrected chi connectivity index (χ1v) is 5.50. The maximum absolute atomic E-state index is 11.9. The van der Waals surface area contributed by atoms with Gasteiger partial charge in [0.25, 0.3) is 5.91 Å². The zero-order valence-corrected chi connectivity index (χ0v) is 10.0. The second-order valence-electron chi connectivity index (χ2n) is 3.81. The Hall–Kier alpha value is -2.49. The van der Waals surface area contributed by atoms with Crippen LogP contribution in [0.15, 0.2) is 48.5 Å². The molecule has 0 heterocycles. The molecule has 0 atom stereocenters. The van der Waals surface area contributed by atoms with Crippen LogP contribution >= 0.6 is 0 Å². The number of hydrogen-bond donors (Lipinski definition) is 2. The number of carbonyl (C=O) groups is 1. The van der Waals surface area contributed by atoms with Gasteiger partial charge in [0.05, 0.1) is 7.11 Å². The fraction of sp³-hybridized carbons (Fsp3) is 0.0714. The number of rotatable bonds is 3. The Balaban J connectivity index is 2.13. The summed E-state index contributed by atoms with van der Waals surface area (Å²) in [6.07, 6.45) is 0. The molecule has 0 aromatic heterocycles. The maximum atomic E-state index is 11.9. The van der Waals surface area contributed by atoms with Crippen molar-refractivity contribution in [3.63, 3.8) is 0 Å². The highest BCUT2D eigenvalue weighted by Gasteiger charge is 2.05. The molecule has 0 aliphatic carbocycles. The Kier molecular flexibility index (Phi) is 3.48. The summed E-state index contributed by atoms with van der Waals surface area (Å²) in [6, 6.07) is 14.0. The topological polar surface area (TPSA) is 64.3 Å². The molecule has 0 aliphatic heterocycles. The monoisotopic (exact) mass is 242 g/mol. The van der Waals surface area contributed by atoms with Gasteiger partial charge < -0.3 is 15.8 Å². The van der Waals surface area contributed by atoms with E-state index in [1.54, 1.807) is 43.5 Å². The van der Waals surface area contributed by atoms with E-state index in [4.69, 9.17) is 10.5 Å². The van der Waals surface area contributed by atoms with Crippen molar-refractivity contribution in [3.05, 3.63) is 54.1 Å². The van der Waals surface area contributed by atoms with Gasteiger partial charge in [-0.25, -0.2) is 0 Å². The van der Waals surface area contributed by atoms with Gasteiger partial charge in [-0.3, -0.25) is 4.79 Å². The molecule has 4 nitrogen and oxygen atoms in total. The van der Waals surface area contributed by atoms with Gasteiger partial charge in [0.15, 0.2) is 0 Å². The van der Waals surface area contributed by atoms with Gasteiger partial charge in [-0.1, -0.05) is 6.07 Å². The van der Waals surface area contributed by atoms with Crippen LogP contribution in [-0.4, -0.2) is 13.0 Å². The van der Waals surface area contributed by atoms with Crippen LogP contribution in [0.2, 0.25) is 0 Å². The molecule has 0 unspecified atom stereocenters. The van der Waals surface area contributed by atoms with Crippen LogP contribution in [0.4, 0.5) is 11.4 Å². The summed E-state index contributed by atoms with van der Waals surface area (Å²) in [5.74, 6) is 0.522. The first-order chi connectivity index (χ1) is 8.69. The zero-order chi connectivity index (χ0) is 13.0. The number of nitrogens with two attached hydrogens (primary N) is 1. The van der Waals surface area contributed by atoms with Crippen molar-refractivity contribution in [1.29, 1.82) is 0 Å². The van der Waals surface area contributed by atoms with E-state index < -0.39 is 0 Å². The zero-order valence-electron chi connectivity index (χ0n) is 10.0. The molecule has 4 heteroatoms. The van der Waals surface area contributed by atoms with E-state index in [0.717, 1.165) is 0 Å². The molecule has 3 N–H and O–H groups in total. The summed E-state index contributed by atoms with van der Waals surface area (Å²) >= 11 is 0. The Morgan fingerprint density at radius 3 is 2.56 bits per heavy atom. The van der Waals surface area contributed by atoms with Crippen molar-refractivity contribution in [2.75, 3.05) is 18.2 Å². The van der Waals surface area contributed by atoms with Crippen LogP contribution in [0.3, 0.4) is 0 Å². The summed E-state index contributed by atoms with van der Waals surface area (Å²) in [7, 11) is 1.58. The van der Waals surface area contributed by atoms with Crippen molar-refractivity contribution in [1.82, 2.24) is 0 Å². The van der Waals surface area contributed by atoms with Crippen LogP contribution in [0.25, 0.3) is 0 Å². The number of nitrogen functional groups attached to an aromatic ring is 1. The Bertz CT molecular complexity index is 550. The lowest BCUT2D eigenvalue weighted by molar-refractivity contribution is 0.102. The number of ether oxygens (including phenoxy) is 1. The van der Waals surface area contributed by atoms with Crippen LogP contribution in [-0.2, 0) is 0 Å². The van der Waals surface area contributed by atoms with Gasteiger partial charge in [-0.15, -0.1) is 0 Å². The van der Waals surface area contributed by atoms with Gasteiger partial charge in [-0.05, 0) is 36.4 Å². The number of nitrogens with one attached hydrogen (secondary N) is 1. The van der Waals surface area contributed by atoms with Crippen molar-refractivity contribution in [2.24, 2.45) is 0 Å². The van der Waals surface area contributed by atoms with Crippen LogP contribution < -0.4 is 15.8 Å². The van der Waals surface area contributed by atoms with Gasteiger partial charge >= 0.3 is 0 Å². The first-order valence-electron chi connectivity index (χ1n) is 5.50. The second-order valence-corrected chi connectivity index (χ2v) is 3.81. The third kappa shape index (κ3) is 2.79. The van der Waals surface area contributed by atoms with E-state index in [0.29, 0.717) is 22.7 Å². The minimum atomic E-state index is -0.178. The average molecular weight is 242 g/mol. The molecule has 0 bridgehead atoms. The van der Waals surface area contributed by atoms with Crippen LogP contribution in [0.5, 0.6) is 5.75 Å². The van der Waals surface area contributed by atoms with Gasteiger partial charge in [0, 0.05) is 23.0 Å². The van der Waals surface area contributed by atoms with Crippen molar-refractivity contribution in [3.8, 4) is 5.75 Å². The van der Waals surface area contributed by atoms with E-state index >= 15 is 0 Å². The second kappa shape index (κ2) is 5.23. The molecule has 0 fully saturated rings. The van der Waals surface area contributed by atoms with Crippen molar-refractivity contribution >= 4 is 17.3 Å². The highest BCUT2D eigenvalue weighted by molar-refractivity contribution is 6.04. The normalized spacial score (nSPS) is 9.83. The molecule has 0 spiro atoms. The SMILES string of the molecule is COc1cccc(NC(=O)c2ccc(N)cc2)c1. The lowest BCUT2D eigenvalue weighted by Gasteiger charge is -2.07. The Morgan fingerprint density at radius 1 is 1.17 bits per heavy atom. The Morgan fingerprint density at radius 2 is 1.89 bits per heavy atom. The Labute approximate surface area is 105 Å². The average Bonchev–Trinajstić information content (AvgIpc) is 2.39. The largest absolute Gasteiger partial charge is 0.497 e. The van der Waals surface area contributed by atoms with E-state index in [-0.39, 0.29) is 5.91 Å². The standard InChI is InChI=1S/C14H14N2O2/c1-18-13-4-2-3-12(9-13)16-14(17)10-5-7-11(15)8-6-10/h2-9H,15H2,1H3,(H,16,17). The highest BCUT2D eigenvalue weighted by Crippen LogP contribution is 2.17. The number of benzene rings is 2. The molecule has 0 aliphatic rings. The molecule has 0 radical (unpaired) electrons. The van der Waals surface area contributed by atoms with E-state index in [9.17, 15) is 4.79 Å². The fourth-order valence-electron chi connectivity index (χ4n) is 1.54. The predicted octanol–water partition coefficient (Wildman–Crippen LogP) is 2.53. The maximum Gasteiger partial charge on any atom is 0.255 e. The minimum absolute atomic E-state index is 0.178. The predicted molar refractivity (Wildman–Crippen MR) is 71.8 cm³/mol. The van der Waals surface area contributed by atoms with E-state index in [2.05, 4.69) is 5.32 Å². The number of anilines is 2. The van der Waals surface area contributed by atoms with Crippen molar-refractivity contribution < 1.29 is 9.53 Å². The molecular formula is C14H14N2O2. The third-order valence-corrected chi connectivity index (χ3v) is 2.50. The highest BCUT2D eigenvalue weighted by atomic mass is 16.5. The molecule has 2 aromatic carbocycles. The molecule has 2 rings (SSSR count). The van der Waals surface area contributed by atoms with Gasteiger partial charge in [0.2, 0.25) is 0 Å². The lowest BCUT2D eigenvalue weighted by Crippen LogP contribution is -2.11. The van der Waals surface area contributed by atoms with Crippen LogP contribution in [0.1, 0.15) is 10.4 Å². The fourth-order valence-corrected chi connectivity index (χ4v) is 1.54. The smallest absolute Gasteiger partial charge is 0.255 e. The van der Waals surface area contributed by atoms with Crippen molar-refractivity contribution in [2.45, 2.75) is 0 Å². The third-order valence-electron chi connectivity index (χ3n) is 2.50. The molecule has 18 heavy (non-hydrogen) atoms. The summed E-state index contributed by atoms with van der Waals surface area (Å²) in [5.41, 5.74) is 7.45. The number of carbonyl (C=O) groups excluding carboxylic acids is 1. The number of amides is 1. The first kappa shape index (κ1) is 12.0. The molecule has 92 valence electrons. The molecule has 1 amide bonds. The molecule has 2 aromatic rings.